The summed E-state index contributed by atoms with van der Waals surface area (Å²) in [5.41, 5.74) is 1.63. The molecule has 0 amide bonds. The molecule has 28 heavy (non-hydrogen) atoms. The monoisotopic (exact) mass is 400 g/mol. The van der Waals surface area contributed by atoms with Crippen molar-refractivity contribution in [1.29, 1.82) is 0 Å². The predicted octanol–water partition coefficient (Wildman–Crippen LogP) is 0.849. The number of Topliss-reactive ketones (excluding diaryl/α,β-unsaturated/α-hetero) is 1. The molecule has 0 saturated carbocycles. The Bertz CT molecular complexity index is 1090. The van der Waals surface area contributed by atoms with Crippen LogP contribution >= 0.6 is 0 Å². The number of halogens is 3. The van der Waals surface area contributed by atoms with Crippen molar-refractivity contribution < 1.29 is 18.0 Å². The maximum absolute atomic E-state index is 12.8. The zero-order chi connectivity index (χ0) is 21.4. The lowest BCUT2D eigenvalue weighted by Gasteiger charge is -2.16. The average molecular weight is 400 g/mol. The fourth-order valence-corrected chi connectivity index (χ4v) is 2.64. The largest absolute Gasteiger partial charge is 0.417 e. The van der Waals surface area contributed by atoms with Crippen molar-refractivity contribution in [3.8, 4) is 0 Å². The van der Waals surface area contributed by atoms with Gasteiger partial charge in [0, 0.05) is 25.9 Å². The van der Waals surface area contributed by atoms with Crippen LogP contribution in [0.4, 0.5) is 19.0 Å². The van der Waals surface area contributed by atoms with Crippen molar-refractivity contribution in [2.24, 2.45) is 13.0 Å². The van der Waals surface area contributed by atoms with Crippen LogP contribution in [-0.2, 0) is 26.3 Å². The van der Waals surface area contributed by atoms with E-state index in [-0.39, 0.29) is 18.3 Å². The van der Waals surface area contributed by atoms with E-state index >= 15 is 0 Å². The summed E-state index contributed by atoms with van der Waals surface area (Å²) in [6.45, 7) is 2.88. The van der Waals surface area contributed by atoms with E-state index in [1.54, 1.807) is 13.8 Å². The molecule has 0 saturated heterocycles. The highest BCUT2D eigenvalue weighted by Crippen LogP contribution is 2.28. The second-order valence-corrected chi connectivity index (χ2v) is 6.72. The van der Waals surface area contributed by atoms with Gasteiger partial charge in [-0.3, -0.25) is 23.5 Å². The lowest BCUT2D eigenvalue weighted by Crippen LogP contribution is -2.43. The predicted molar refractivity (Wildman–Crippen MR) is 95.2 cm³/mol. The van der Waals surface area contributed by atoms with Gasteiger partial charge in [0.1, 0.15) is 11.4 Å². The topological polar surface area (TPSA) is 109 Å². The number of hydrogen-bond acceptors (Lipinski definition) is 5. The van der Waals surface area contributed by atoms with Gasteiger partial charge in [-0.1, -0.05) is 13.8 Å². The summed E-state index contributed by atoms with van der Waals surface area (Å²) < 4.78 is 40.8. The van der Waals surface area contributed by atoms with E-state index in [1.165, 1.54) is 0 Å². The van der Waals surface area contributed by atoms with E-state index in [4.69, 9.17) is 5.73 Å². The third kappa shape index (κ3) is 4.07. The summed E-state index contributed by atoms with van der Waals surface area (Å²) in [4.78, 5) is 49.1. The standard InChI is InChI=1S/C17H19F3N4O4/c1-9(2)6-24-14(21)13(15(27)22(3)16(24)28)11(25)8-23-7-10(17(18,19)20)4-5-12(23)26/h4-5,7,9H,6,8,21H2,1-3H3. The Hall–Kier alpha value is -3.11. The average Bonchev–Trinajstić information content (AvgIpc) is 2.57. The van der Waals surface area contributed by atoms with E-state index < -0.39 is 46.4 Å². The maximum atomic E-state index is 12.8. The molecule has 0 atom stereocenters. The fourth-order valence-electron chi connectivity index (χ4n) is 2.64. The first-order valence-electron chi connectivity index (χ1n) is 8.24. The highest BCUT2D eigenvalue weighted by Gasteiger charge is 2.31. The van der Waals surface area contributed by atoms with Crippen LogP contribution in [0.5, 0.6) is 0 Å². The Morgan fingerprint density at radius 2 is 1.79 bits per heavy atom. The van der Waals surface area contributed by atoms with Crippen LogP contribution in [0.25, 0.3) is 0 Å². The number of nitrogen functional groups attached to an aromatic ring is 1. The van der Waals surface area contributed by atoms with Crippen molar-refractivity contribution in [2.45, 2.75) is 33.1 Å². The highest BCUT2D eigenvalue weighted by atomic mass is 19.4. The normalized spacial score (nSPS) is 11.8. The molecule has 0 aliphatic rings. The fraction of sp³-hybridized carbons (Fsp3) is 0.412. The van der Waals surface area contributed by atoms with Crippen LogP contribution < -0.4 is 22.5 Å². The SMILES string of the molecule is CC(C)Cn1c(N)c(C(=O)Cn2cc(C(F)(F)F)ccc2=O)c(=O)n(C)c1=O. The molecule has 2 aromatic heterocycles. The van der Waals surface area contributed by atoms with Crippen LogP contribution in [-0.4, -0.2) is 19.5 Å². The number of rotatable bonds is 5. The molecule has 0 aliphatic carbocycles. The number of aromatic nitrogens is 3. The zero-order valence-electron chi connectivity index (χ0n) is 15.4. The molecule has 0 aliphatic heterocycles. The zero-order valence-corrected chi connectivity index (χ0v) is 15.4. The van der Waals surface area contributed by atoms with E-state index in [9.17, 15) is 32.3 Å². The van der Waals surface area contributed by atoms with Gasteiger partial charge in [0.2, 0.25) is 0 Å². The molecule has 2 N–H and O–H groups in total. The number of hydrogen-bond donors (Lipinski definition) is 1. The number of ketones is 1. The van der Waals surface area contributed by atoms with E-state index in [0.717, 1.165) is 11.6 Å². The molecule has 0 unspecified atom stereocenters. The number of anilines is 1. The molecule has 2 aromatic rings. The van der Waals surface area contributed by atoms with Gasteiger partial charge >= 0.3 is 11.9 Å². The molecular formula is C17H19F3N4O4. The minimum Gasteiger partial charge on any atom is -0.384 e. The van der Waals surface area contributed by atoms with Crippen LogP contribution in [0.1, 0.15) is 29.8 Å². The summed E-state index contributed by atoms with van der Waals surface area (Å²) in [5, 5.41) is 0. The lowest BCUT2D eigenvalue weighted by atomic mass is 10.1. The molecular weight excluding hydrogens is 381 g/mol. The second-order valence-electron chi connectivity index (χ2n) is 6.72. The smallest absolute Gasteiger partial charge is 0.384 e. The molecule has 152 valence electrons. The van der Waals surface area contributed by atoms with Crippen molar-refractivity contribution in [3.63, 3.8) is 0 Å². The molecule has 0 aromatic carbocycles. The van der Waals surface area contributed by atoms with Gasteiger partial charge in [0.05, 0.1) is 12.1 Å². The summed E-state index contributed by atoms with van der Waals surface area (Å²) in [6, 6.07) is 1.27. The van der Waals surface area contributed by atoms with Gasteiger partial charge in [-0.25, -0.2) is 4.79 Å². The van der Waals surface area contributed by atoms with Crippen LogP contribution in [0.2, 0.25) is 0 Å². The molecule has 0 bridgehead atoms. The first-order valence-corrected chi connectivity index (χ1v) is 8.24. The van der Waals surface area contributed by atoms with E-state index in [2.05, 4.69) is 0 Å². The summed E-state index contributed by atoms with van der Waals surface area (Å²) >= 11 is 0. The van der Waals surface area contributed by atoms with Gasteiger partial charge < -0.3 is 10.3 Å². The van der Waals surface area contributed by atoms with Gasteiger partial charge in [0.15, 0.2) is 5.78 Å². The number of pyridine rings is 1. The molecule has 0 radical (unpaired) electrons. The summed E-state index contributed by atoms with van der Waals surface area (Å²) in [7, 11) is 1.16. The number of nitrogens with two attached hydrogens (primary N) is 1. The lowest BCUT2D eigenvalue weighted by molar-refractivity contribution is -0.138. The minimum atomic E-state index is -4.71. The third-order valence-electron chi connectivity index (χ3n) is 4.03. The number of carbonyl (C=O) groups excluding carboxylic acids is 1. The van der Waals surface area contributed by atoms with Crippen molar-refractivity contribution in [2.75, 3.05) is 5.73 Å². The van der Waals surface area contributed by atoms with Crippen LogP contribution in [0, 0.1) is 5.92 Å². The molecule has 11 heteroatoms. The minimum absolute atomic E-state index is 0.0356. The Morgan fingerprint density at radius 1 is 1.18 bits per heavy atom. The number of carbonyl (C=O) groups is 1. The Kier molecular flexibility index (Phi) is 5.67. The highest BCUT2D eigenvalue weighted by molar-refractivity contribution is 5.99. The summed E-state index contributed by atoms with van der Waals surface area (Å²) in [6.07, 6.45) is -4.22. The Labute approximate surface area is 156 Å². The molecule has 2 heterocycles. The van der Waals surface area contributed by atoms with E-state index in [0.29, 0.717) is 27.5 Å². The first-order chi connectivity index (χ1) is 12.8. The van der Waals surface area contributed by atoms with Crippen LogP contribution in [0.15, 0.2) is 32.7 Å². The van der Waals surface area contributed by atoms with Crippen molar-refractivity contribution in [3.05, 3.63) is 60.6 Å². The van der Waals surface area contributed by atoms with Crippen LogP contribution in [0.3, 0.4) is 0 Å². The third-order valence-corrected chi connectivity index (χ3v) is 4.03. The van der Waals surface area contributed by atoms with E-state index in [1.807, 2.05) is 0 Å². The Balaban J connectivity index is 2.57. The molecule has 0 fully saturated rings. The van der Waals surface area contributed by atoms with Crippen molar-refractivity contribution in [1.82, 2.24) is 13.7 Å². The molecule has 2 rings (SSSR count). The van der Waals surface area contributed by atoms with Crippen molar-refractivity contribution >= 4 is 11.6 Å². The van der Waals surface area contributed by atoms with Gasteiger partial charge in [0.25, 0.3) is 11.1 Å². The molecule has 8 nitrogen and oxygen atoms in total. The second kappa shape index (κ2) is 7.49. The first kappa shape index (κ1) is 21.2. The van der Waals surface area contributed by atoms with Gasteiger partial charge in [-0.2, -0.15) is 13.2 Å². The Morgan fingerprint density at radius 3 is 2.32 bits per heavy atom. The molecule has 0 spiro atoms. The maximum Gasteiger partial charge on any atom is 0.417 e. The number of alkyl halides is 3. The summed E-state index contributed by atoms with van der Waals surface area (Å²) in [5.74, 6) is -1.39. The quantitative estimate of drug-likeness (QED) is 0.749. The number of nitrogens with zero attached hydrogens (tertiary/aromatic N) is 3. The van der Waals surface area contributed by atoms with Gasteiger partial charge in [-0.05, 0) is 12.0 Å². The van der Waals surface area contributed by atoms with Gasteiger partial charge in [-0.15, -0.1) is 0 Å².